The second-order valence-electron chi connectivity index (χ2n) is 5.16. The van der Waals surface area contributed by atoms with Crippen LogP contribution >= 0.6 is 11.3 Å². The van der Waals surface area contributed by atoms with Crippen molar-refractivity contribution in [1.29, 1.82) is 0 Å². The Morgan fingerprint density at radius 3 is 2.83 bits per heavy atom. The SMILES string of the molecule is CNC(C)c1sc(C2CCCC(F)(F)C2)nc1C. The number of hydrogen-bond acceptors (Lipinski definition) is 3. The number of aromatic nitrogens is 1. The van der Waals surface area contributed by atoms with Gasteiger partial charge in [0, 0.05) is 29.7 Å². The Labute approximate surface area is 111 Å². The van der Waals surface area contributed by atoms with E-state index in [1.807, 2.05) is 14.0 Å². The number of rotatable bonds is 3. The maximum atomic E-state index is 13.4. The molecule has 5 heteroatoms. The van der Waals surface area contributed by atoms with Gasteiger partial charge < -0.3 is 5.32 Å². The summed E-state index contributed by atoms with van der Waals surface area (Å²) < 4.78 is 26.9. The smallest absolute Gasteiger partial charge is 0.248 e. The summed E-state index contributed by atoms with van der Waals surface area (Å²) in [6.07, 6.45) is 1.45. The van der Waals surface area contributed by atoms with Gasteiger partial charge in [-0.3, -0.25) is 0 Å². The first-order valence-corrected chi connectivity index (χ1v) is 7.27. The Balaban J connectivity index is 2.19. The van der Waals surface area contributed by atoms with Crippen LogP contribution in [0.3, 0.4) is 0 Å². The normalized spacial score (nSPS) is 25.1. The van der Waals surface area contributed by atoms with Gasteiger partial charge in [0.2, 0.25) is 5.92 Å². The lowest BCUT2D eigenvalue weighted by molar-refractivity contribution is -0.0408. The van der Waals surface area contributed by atoms with Crippen molar-refractivity contribution < 1.29 is 8.78 Å². The summed E-state index contributed by atoms with van der Waals surface area (Å²) >= 11 is 1.59. The topological polar surface area (TPSA) is 24.9 Å². The van der Waals surface area contributed by atoms with Crippen LogP contribution in [0.15, 0.2) is 0 Å². The van der Waals surface area contributed by atoms with Gasteiger partial charge in [-0.15, -0.1) is 11.3 Å². The molecular formula is C13H20F2N2S. The molecule has 0 radical (unpaired) electrons. The molecule has 2 atom stereocenters. The number of nitrogens with one attached hydrogen (secondary N) is 1. The number of nitrogens with zero attached hydrogens (tertiary/aromatic N) is 1. The van der Waals surface area contributed by atoms with Gasteiger partial charge in [-0.1, -0.05) is 0 Å². The van der Waals surface area contributed by atoms with Gasteiger partial charge in [0.15, 0.2) is 0 Å². The van der Waals surface area contributed by atoms with Crippen molar-refractivity contribution in [3.63, 3.8) is 0 Å². The highest BCUT2D eigenvalue weighted by molar-refractivity contribution is 7.11. The fraction of sp³-hybridized carbons (Fsp3) is 0.769. The van der Waals surface area contributed by atoms with Gasteiger partial charge in [-0.25, -0.2) is 13.8 Å². The molecular weight excluding hydrogens is 254 g/mol. The molecule has 2 unspecified atom stereocenters. The van der Waals surface area contributed by atoms with Gasteiger partial charge in [-0.2, -0.15) is 0 Å². The average molecular weight is 274 g/mol. The zero-order valence-electron chi connectivity index (χ0n) is 11.1. The van der Waals surface area contributed by atoms with E-state index < -0.39 is 5.92 Å². The fourth-order valence-electron chi connectivity index (χ4n) is 2.52. The molecule has 0 saturated heterocycles. The predicted octanol–water partition coefficient (Wildman–Crippen LogP) is 4.02. The molecule has 1 fully saturated rings. The molecule has 2 rings (SSSR count). The quantitative estimate of drug-likeness (QED) is 0.900. The number of halogens is 2. The Bertz CT molecular complexity index is 417. The van der Waals surface area contributed by atoms with E-state index in [0.29, 0.717) is 6.42 Å². The molecule has 0 aliphatic heterocycles. The van der Waals surface area contributed by atoms with Crippen LogP contribution in [0, 0.1) is 6.92 Å². The third kappa shape index (κ3) is 2.88. The number of aryl methyl sites for hydroxylation is 1. The summed E-state index contributed by atoms with van der Waals surface area (Å²) in [5.41, 5.74) is 0.978. The molecule has 1 N–H and O–H groups in total. The van der Waals surface area contributed by atoms with Crippen LogP contribution in [-0.2, 0) is 0 Å². The third-order valence-corrected chi connectivity index (χ3v) is 5.17. The summed E-state index contributed by atoms with van der Waals surface area (Å²) in [5.74, 6) is -2.56. The van der Waals surface area contributed by atoms with Crippen LogP contribution in [-0.4, -0.2) is 18.0 Å². The standard InChI is InChI=1S/C13H20F2N2S/c1-8(16-3)11-9(2)17-12(18-11)10-5-4-6-13(14,15)7-10/h8,10,16H,4-7H2,1-3H3. The maximum absolute atomic E-state index is 13.4. The monoisotopic (exact) mass is 274 g/mol. The second-order valence-corrected chi connectivity index (χ2v) is 6.22. The lowest BCUT2D eigenvalue weighted by Gasteiger charge is -2.27. The highest BCUT2D eigenvalue weighted by Crippen LogP contribution is 2.43. The molecule has 1 aromatic rings. The lowest BCUT2D eigenvalue weighted by Crippen LogP contribution is -2.24. The first kappa shape index (κ1) is 13.9. The van der Waals surface area contributed by atoms with E-state index in [9.17, 15) is 8.78 Å². The van der Waals surface area contributed by atoms with Crippen molar-refractivity contribution in [2.75, 3.05) is 7.05 Å². The molecule has 18 heavy (non-hydrogen) atoms. The van der Waals surface area contributed by atoms with Crippen LogP contribution in [0.5, 0.6) is 0 Å². The molecule has 102 valence electrons. The minimum atomic E-state index is -2.50. The highest BCUT2D eigenvalue weighted by Gasteiger charge is 2.38. The third-order valence-electron chi connectivity index (χ3n) is 3.66. The van der Waals surface area contributed by atoms with Crippen molar-refractivity contribution in [2.24, 2.45) is 0 Å². The summed E-state index contributed by atoms with van der Waals surface area (Å²) in [5, 5.41) is 4.07. The van der Waals surface area contributed by atoms with Crippen LogP contribution in [0.25, 0.3) is 0 Å². The van der Waals surface area contributed by atoms with E-state index in [0.717, 1.165) is 17.1 Å². The van der Waals surface area contributed by atoms with Gasteiger partial charge in [0.25, 0.3) is 0 Å². The van der Waals surface area contributed by atoms with Gasteiger partial charge in [-0.05, 0) is 33.7 Å². The van der Waals surface area contributed by atoms with Crippen molar-refractivity contribution in [2.45, 2.75) is 57.4 Å². The first-order chi connectivity index (χ1) is 8.43. The lowest BCUT2D eigenvalue weighted by atomic mass is 9.87. The fourth-order valence-corrected chi connectivity index (χ4v) is 3.78. The molecule has 0 amide bonds. The van der Waals surface area contributed by atoms with Gasteiger partial charge in [0.1, 0.15) is 0 Å². The van der Waals surface area contributed by atoms with Crippen LogP contribution < -0.4 is 5.32 Å². The molecule has 1 saturated carbocycles. The van der Waals surface area contributed by atoms with E-state index in [-0.39, 0.29) is 24.8 Å². The van der Waals surface area contributed by atoms with E-state index in [1.54, 1.807) is 11.3 Å². The predicted molar refractivity (Wildman–Crippen MR) is 70.5 cm³/mol. The number of thiazole rings is 1. The van der Waals surface area contributed by atoms with Gasteiger partial charge >= 0.3 is 0 Å². The van der Waals surface area contributed by atoms with Crippen LogP contribution in [0.4, 0.5) is 8.78 Å². The molecule has 1 aromatic heterocycles. The Kier molecular flexibility index (Phi) is 4.02. The van der Waals surface area contributed by atoms with Crippen LogP contribution in [0.1, 0.15) is 60.1 Å². The number of hydrogen-bond donors (Lipinski definition) is 1. The molecule has 1 aliphatic rings. The van der Waals surface area contributed by atoms with Gasteiger partial charge in [0.05, 0.1) is 10.7 Å². The van der Waals surface area contributed by atoms with Crippen molar-refractivity contribution >= 4 is 11.3 Å². The maximum Gasteiger partial charge on any atom is 0.248 e. The Hall–Kier alpha value is -0.550. The van der Waals surface area contributed by atoms with E-state index in [2.05, 4.69) is 17.2 Å². The van der Waals surface area contributed by atoms with Crippen molar-refractivity contribution in [1.82, 2.24) is 10.3 Å². The minimum Gasteiger partial charge on any atom is -0.312 e. The second kappa shape index (κ2) is 5.21. The van der Waals surface area contributed by atoms with Crippen LogP contribution in [0.2, 0.25) is 0 Å². The highest BCUT2D eigenvalue weighted by atomic mass is 32.1. The number of alkyl halides is 2. The minimum absolute atomic E-state index is 0.0344. The molecule has 1 heterocycles. The molecule has 0 bridgehead atoms. The Morgan fingerprint density at radius 1 is 1.50 bits per heavy atom. The molecule has 2 nitrogen and oxygen atoms in total. The molecule has 1 aliphatic carbocycles. The zero-order valence-corrected chi connectivity index (χ0v) is 11.9. The summed E-state index contributed by atoms with van der Waals surface area (Å²) in [4.78, 5) is 5.68. The van der Waals surface area contributed by atoms with E-state index >= 15 is 0 Å². The summed E-state index contributed by atoms with van der Waals surface area (Å²) in [7, 11) is 1.90. The van der Waals surface area contributed by atoms with E-state index in [4.69, 9.17) is 0 Å². The van der Waals surface area contributed by atoms with Crippen molar-refractivity contribution in [3.05, 3.63) is 15.6 Å². The first-order valence-electron chi connectivity index (χ1n) is 6.45. The largest absolute Gasteiger partial charge is 0.312 e. The average Bonchev–Trinajstić information content (AvgIpc) is 2.69. The summed E-state index contributed by atoms with van der Waals surface area (Å²) in [6, 6.07) is 0.236. The Morgan fingerprint density at radius 2 is 2.22 bits per heavy atom. The van der Waals surface area contributed by atoms with Crippen molar-refractivity contribution in [3.8, 4) is 0 Å². The van der Waals surface area contributed by atoms with E-state index in [1.165, 1.54) is 4.88 Å². The molecule has 0 spiro atoms. The molecule has 0 aromatic carbocycles. The zero-order chi connectivity index (χ0) is 13.3. The summed E-state index contributed by atoms with van der Waals surface area (Å²) in [6.45, 7) is 4.03.